The third kappa shape index (κ3) is 4.45. The lowest BCUT2D eigenvalue weighted by atomic mass is 10.0. The molecule has 0 bridgehead atoms. The Bertz CT molecular complexity index is 547. The topological polar surface area (TPSA) is 60.9 Å². The SMILES string of the molecule is CCCC[C@H]1CN(c2ccc(Cl)cc2)C(=O)CN1C(=O)CCO. The Morgan fingerprint density at radius 3 is 2.65 bits per heavy atom. The van der Waals surface area contributed by atoms with E-state index in [0.717, 1.165) is 24.9 Å². The van der Waals surface area contributed by atoms with Crippen molar-refractivity contribution in [3.63, 3.8) is 0 Å². The van der Waals surface area contributed by atoms with E-state index in [1.165, 1.54) is 0 Å². The van der Waals surface area contributed by atoms with Gasteiger partial charge in [0, 0.05) is 23.7 Å². The van der Waals surface area contributed by atoms with E-state index >= 15 is 0 Å². The summed E-state index contributed by atoms with van der Waals surface area (Å²) in [4.78, 5) is 28.0. The van der Waals surface area contributed by atoms with Crippen LogP contribution in [0.15, 0.2) is 24.3 Å². The molecule has 0 spiro atoms. The molecule has 1 aromatic carbocycles. The molecule has 6 heteroatoms. The number of piperazine rings is 1. The maximum atomic E-state index is 12.5. The van der Waals surface area contributed by atoms with Gasteiger partial charge in [0.15, 0.2) is 0 Å². The largest absolute Gasteiger partial charge is 0.396 e. The second-order valence-electron chi connectivity index (χ2n) is 5.77. The number of carbonyl (C=O) groups excluding carboxylic acids is 2. The smallest absolute Gasteiger partial charge is 0.246 e. The summed E-state index contributed by atoms with van der Waals surface area (Å²) in [6, 6.07) is 7.15. The number of anilines is 1. The van der Waals surface area contributed by atoms with Gasteiger partial charge < -0.3 is 14.9 Å². The van der Waals surface area contributed by atoms with E-state index in [4.69, 9.17) is 16.7 Å². The van der Waals surface area contributed by atoms with Gasteiger partial charge in [0.25, 0.3) is 0 Å². The molecule has 1 fully saturated rings. The lowest BCUT2D eigenvalue weighted by Crippen LogP contribution is -2.58. The first-order valence-electron chi connectivity index (χ1n) is 8.03. The van der Waals surface area contributed by atoms with Gasteiger partial charge in [0.05, 0.1) is 12.6 Å². The van der Waals surface area contributed by atoms with Gasteiger partial charge in [-0.25, -0.2) is 0 Å². The predicted molar refractivity (Wildman–Crippen MR) is 90.5 cm³/mol. The fraction of sp³-hybridized carbons (Fsp3) is 0.529. The van der Waals surface area contributed by atoms with Crippen molar-refractivity contribution in [1.29, 1.82) is 0 Å². The van der Waals surface area contributed by atoms with Gasteiger partial charge in [0.1, 0.15) is 6.54 Å². The zero-order chi connectivity index (χ0) is 16.8. The highest BCUT2D eigenvalue weighted by Gasteiger charge is 2.34. The Kier molecular flexibility index (Phi) is 6.42. The molecule has 1 aromatic rings. The summed E-state index contributed by atoms with van der Waals surface area (Å²) in [5.41, 5.74) is 0.801. The van der Waals surface area contributed by atoms with Crippen LogP contribution in [0.5, 0.6) is 0 Å². The van der Waals surface area contributed by atoms with Crippen molar-refractivity contribution in [2.45, 2.75) is 38.6 Å². The molecule has 0 aromatic heterocycles. The number of rotatable bonds is 6. The van der Waals surface area contributed by atoms with Gasteiger partial charge in [-0.1, -0.05) is 31.4 Å². The summed E-state index contributed by atoms with van der Waals surface area (Å²) in [6.45, 7) is 2.46. The van der Waals surface area contributed by atoms with E-state index in [1.54, 1.807) is 21.9 Å². The molecule has 1 atom stereocenters. The molecule has 1 N–H and O–H groups in total. The first kappa shape index (κ1) is 17.8. The minimum Gasteiger partial charge on any atom is -0.396 e. The van der Waals surface area contributed by atoms with Crippen molar-refractivity contribution in [3.05, 3.63) is 29.3 Å². The molecular formula is C17H23ClN2O3. The number of halogens is 1. The molecule has 1 aliphatic rings. The van der Waals surface area contributed by atoms with Crippen LogP contribution in [-0.2, 0) is 9.59 Å². The molecule has 1 aliphatic heterocycles. The monoisotopic (exact) mass is 338 g/mol. The molecule has 2 amide bonds. The minimum atomic E-state index is -0.190. The van der Waals surface area contributed by atoms with Crippen LogP contribution >= 0.6 is 11.6 Å². The second-order valence-corrected chi connectivity index (χ2v) is 6.21. The van der Waals surface area contributed by atoms with E-state index in [-0.39, 0.29) is 37.4 Å². The third-order valence-electron chi connectivity index (χ3n) is 4.12. The molecule has 0 unspecified atom stereocenters. The number of aliphatic hydroxyl groups is 1. The lowest BCUT2D eigenvalue weighted by Gasteiger charge is -2.41. The summed E-state index contributed by atoms with van der Waals surface area (Å²) in [5.74, 6) is -0.260. The van der Waals surface area contributed by atoms with Crippen molar-refractivity contribution in [2.24, 2.45) is 0 Å². The molecular weight excluding hydrogens is 316 g/mol. The molecule has 23 heavy (non-hydrogen) atoms. The number of hydrogen-bond acceptors (Lipinski definition) is 3. The normalized spacial score (nSPS) is 18.4. The fourth-order valence-electron chi connectivity index (χ4n) is 2.86. The van der Waals surface area contributed by atoms with Crippen LogP contribution in [0.1, 0.15) is 32.6 Å². The number of aliphatic hydroxyl groups excluding tert-OH is 1. The van der Waals surface area contributed by atoms with Gasteiger partial charge in [0.2, 0.25) is 11.8 Å². The van der Waals surface area contributed by atoms with Crippen LogP contribution in [0.2, 0.25) is 5.02 Å². The van der Waals surface area contributed by atoms with E-state index in [2.05, 4.69) is 6.92 Å². The summed E-state index contributed by atoms with van der Waals surface area (Å²) in [5, 5.41) is 9.62. The number of carbonyl (C=O) groups is 2. The van der Waals surface area contributed by atoms with Crippen LogP contribution in [0.25, 0.3) is 0 Å². The Balaban J connectivity index is 2.17. The van der Waals surface area contributed by atoms with Crippen molar-refractivity contribution < 1.29 is 14.7 Å². The summed E-state index contributed by atoms with van der Waals surface area (Å²) < 4.78 is 0. The van der Waals surface area contributed by atoms with Crippen molar-refractivity contribution in [1.82, 2.24) is 4.90 Å². The second kappa shape index (κ2) is 8.31. The third-order valence-corrected chi connectivity index (χ3v) is 4.37. The molecule has 2 rings (SSSR count). The van der Waals surface area contributed by atoms with Crippen molar-refractivity contribution >= 4 is 29.1 Å². The Morgan fingerprint density at radius 1 is 1.35 bits per heavy atom. The fourth-order valence-corrected chi connectivity index (χ4v) is 2.99. The highest BCUT2D eigenvalue weighted by atomic mass is 35.5. The standard InChI is InChI=1S/C17H23ClN2O3/c1-2-3-4-15-11-19(14-7-5-13(18)6-8-14)17(23)12-20(15)16(22)9-10-21/h5-8,15,21H,2-4,9-12H2,1H3/t15-/m0/s1. The number of amides is 2. The first-order chi connectivity index (χ1) is 11.1. The maximum Gasteiger partial charge on any atom is 0.246 e. The number of benzene rings is 1. The molecule has 1 heterocycles. The minimum absolute atomic E-state index is 0.0117. The summed E-state index contributed by atoms with van der Waals surface area (Å²) in [7, 11) is 0. The Morgan fingerprint density at radius 2 is 2.04 bits per heavy atom. The van der Waals surface area contributed by atoms with Crippen LogP contribution in [0, 0.1) is 0 Å². The molecule has 0 radical (unpaired) electrons. The Hall–Kier alpha value is -1.59. The lowest BCUT2D eigenvalue weighted by molar-refractivity contribution is -0.140. The quantitative estimate of drug-likeness (QED) is 0.866. The molecule has 126 valence electrons. The van der Waals surface area contributed by atoms with Crippen molar-refractivity contribution in [3.8, 4) is 0 Å². The maximum absolute atomic E-state index is 12.5. The number of nitrogens with zero attached hydrogens (tertiary/aromatic N) is 2. The molecule has 0 saturated carbocycles. The average Bonchev–Trinajstić information content (AvgIpc) is 2.54. The summed E-state index contributed by atoms with van der Waals surface area (Å²) in [6.07, 6.45) is 2.95. The van der Waals surface area contributed by atoms with E-state index in [0.29, 0.717) is 11.6 Å². The molecule has 5 nitrogen and oxygen atoms in total. The average molecular weight is 339 g/mol. The Labute approximate surface area is 141 Å². The van der Waals surface area contributed by atoms with Gasteiger partial charge >= 0.3 is 0 Å². The predicted octanol–water partition coefficient (Wildman–Crippen LogP) is 2.46. The van der Waals surface area contributed by atoms with Crippen molar-refractivity contribution in [2.75, 3.05) is 24.6 Å². The van der Waals surface area contributed by atoms with Crippen LogP contribution in [0.3, 0.4) is 0 Å². The zero-order valence-corrected chi connectivity index (χ0v) is 14.1. The number of unbranched alkanes of at least 4 members (excludes halogenated alkanes) is 1. The highest BCUT2D eigenvalue weighted by molar-refractivity contribution is 6.30. The molecule has 1 saturated heterocycles. The summed E-state index contributed by atoms with van der Waals surface area (Å²) >= 11 is 5.90. The van der Waals surface area contributed by atoms with E-state index < -0.39 is 0 Å². The van der Waals surface area contributed by atoms with Gasteiger partial charge in [-0.15, -0.1) is 0 Å². The highest BCUT2D eigenvalue weighted by Crippen LogP contribution is 2.24. The van der Waals surface area contributed by atoms with Crippen LogP contribution in [0.4, 0.5) is 5.69 Å². The van der Waals surface area contributed by atoms with Crippen LogP contribution < -0.4 is 4.90 Å². The number of hydrogen-bond donors (Lipinski definition) is 1. The van der Waals surface area contributed by atoms with Crippen LogP contribution in [-0.4, -0.2) is 47.6 Å². The van der Waals surface area contributed by atoms with E-state index in [9.17, 15) is 9.59 Å². The first-order valence-corrected chi connectivity index (χ1v) is 8.40. The van der Waals surface area contributed by atoms with E-state index in [1.807, 2.05) is 12.1 Å². The van der Waals surface area contributed by atoms with Gasteiger partial charge in [-0.05, 0) is 30.7 Å². The van der Waals surface area contributed by atoms with Gasteiger partial charge in [-0.2, -0.15) is 0 Å². The van der Waals surface area contributed by atoms with Gasteiger partial charge in [-0.3, -0.25) is 9.59 Å². The molecule has 0 aliphatic carbocycles. The zero-order valence-electron chi connectivity index (χ0n) is 13.4.